The molecule has 4 heteroatoms. The molecule has 0 unspecified atom stereocenters. The highest BCUT2D eigenvalue weighted by Crippen LogP contribution is 2.27. The van der Waals surface area contributed by atoms with Crippen LogP contribution in [0, 0.1) is 11.8 Å². The van der Waals surface area contributed by atoms with Crippen molar-refractivity contribution in [2.45, 2.75) is 19.8 Å². The summed E-state index contributed by atoms with van der Waals surface area (Å²) in [6.45, 7) is 2.58. The molecule has 1 saturated heterocycles. The number of hydrogen-bond donors (Lipinski definition) is 1. The van der Waals surface area contributed by atoms with Gasteiger partial charge < -0.3 is 9.72 Å². The number of carbonyl (C=O) groups excluding carboxylic acids is 1. The predicted octanol–water partition coefficient (Wildman–Crippen LogP) is 1.15. The predicted molar refractivity (Wildman–Crippen MR) is 50.5 cm³/mol. The normalized spacial score (nSPS) is 26.5. The number of imidazole rings is 1. The van der Waals surface area contributed by atoms with E-state index in [9.17, 15) is 4.79 Å². The first-order chi connectivity index (χ1) is 6.81. The zero-order chi connectivity index (χ0) is 9.97. The number of H-pyrrole nitrogens is 1. The van der Waals surface area contributed by atoms with E-state index in [0.717, 1.165) is 18.5 Å². The Kier molecular flexibility index (Phi) is 2.52. The standard InChI is InChI=1S/C10H14N2O2/c1-2-9-7(5-14-10(9)13)3-8-4-11-6-12-8/h4,6-7,9H,2-3,5H2,1H3,(H,11,12)/t7-,9+/m0/s1. The summed E-state index contributed by atoms with van der Waals surface area (Å²) >= 11 is 0. The van der Waals surface area contributed by atoms with Crippen LogP contribution >= 0.6 is 0 Å². The summed E-state index contributed by atoms with van der Waals surface area (Å²) in [6.07, 6.45) is 5.17. The highest BCUT2D eigenvalue weighted by molar-refractivity contribution is 5.74. The van der Waals surface area contributed by atoms with Gasteiger partial charge in [-0.15, -0.1) is 0 Å². The zero-order valence-corrected chi connectivity index (χ0v) is 8.19. The molecule has 2 heterocycles. The maximum Gasteiger partial charge on any atom is 0.309 e. The highest BCUT2D eigenvalue weighted by atomic mass is 16.5. The lowest BCUT2D eigenvalue weighted by Gasteiger charge is -2.11. The number of rotatable bonds is 3. The molecule has 0 radical (unpaired) electrons. The molecular formula is C10H14N2O2. The first kappa shape index (κ1) is 9.24. The Labute approximate surface area is 82.7 Å². The van der Waals surface area contributed by atoms with Crippen LogP contribution in [0.2, 0.25) is 0 Å². The van der Waals surface area contributed by atoms with Gasteiger partial charge in [0, 0.05) is 17.8 Å². The second-order valence-electron chi connectivity index (χ2n) is 3.69. The molecular weight excluding hydrogens is 180 g/mol. The smallest absolute Gasteiger partial charge is 0.309 e. The van der Waals surface area contributed by atoms with Crippen molar-refractivity contribution in [1.29, 1.82) is 0 Å². The molecule has 1 aliphatic rings. The first-order valence-corrected chi connectivity index (χ1v) is 4.95. The van der Waals surface area contributed by atoms with Crippen molar-refractivity contribution in [3.8, 4) is 0 Å². The fourth-order valence-electron chi connectivity index (χ4n) is 1.98. The second-order valence-corrected chi connectivity index (χ2v) is 3.69. The van der Waals surface area contributed by atoms with Crippen molar-refractivity contribution in [3.05, 3.63) is 18.2 Å². The molecule has 1 aromatic rings. The van der Waals surface area contributed by atoms with Crippen LogP contribution in [0.4, 0.5) is 0 Å². The van der Waals surface area contributed by atoms with Crippen LogP contribution in [0.3, 0.4) is 0 Å². The number of aromatic nitrogens is 2. The third-order valence-electron chi connectivity index (χ3n) is 2.79. The maximum absolute atomic E-state index is 11.3. The molecule has 0 spiro atoms. The fourth-order valence-corrected chi connectivity index (χ4v) is 1.98. The molecule has 1 aliphatic heterocycles. The van der Waals surface area contributed by atoms with Gasteiger partial charge in [-0.2, -0.15) is 0 Å². The van der Waals surface area contributed by atoms with Gasteiger partial charge in [0.05, 0.1) is 18.9 Å². The minimum Gasteiger partial charge on any atom is -0.465 e. The van der Waals surface area contributed by atoms with Crippen molar-refractivity contribution in [1.82, 2.24) is 9.97 Å². The molecule has 2 rings (SSSR count). The van der Waals surface area contributed by atoms with Crippen LogP contribution in [-0.2, 0) is 16.0 Å². The van der Waals surface area contributed by atoms with E-state index in [0.29, 0.717) is 12.5 Å². The molecule has 1 fully saturated rings. The Morgan fingerprint density at radius 3 is 3.21 bits per heavy atom. The van der Waals surface area contributed by atoms with E-state index in [-0.39, 0.29) is 11.9 Å². The molecule has 0 amide bonds. The maximum atomic E-state index is 11.3. The molecule has 0 bridgehead atoms. The number of aromatic amines is 1. The minimum absolute atomic E-state index is 0.0444. The van der Waals surface area contributed by atoms with Crippen LogP contribution in [0.5, 0.6) is 0 Å². The monoisotopic (exact) mass is 194 g/mol. The van der Waals surface area contributed by atoms with E-state index >= 15 is 0 Å². The number of ether oxygens (including phenoxy) is 1. The van der Waals surface area contributed by atoms with Gasteiger partial charge in [0.15, 0.2) is 0 Å². The lowest BCUT2D eigenvalue weighted by atomic mass is 9.89. The molecule has 0 saturated carbocycles. The second kappa shape index (κ2) is 3.82. The minimum atomic E-state index is -0.0444. The lowest BCUT2D eigenvalue weighted by Crippen LogP contribution is -2.17. The van der Waals surface area contributed by atoms with Gasteiger partial charge in [-0.05, 0) is 12.8 Å². The van der Waals surface area contributed by atoms with E-state index < -0.39 is 0 Å². The van der Waals surface area contributed by atoms with Crippen LogP contribution in [0.1, 0.15) is 19.0 Å². The van der Waals surface area contributed by atoms with Gasteiger partial charge in [0.2, 0.25) is 0 Å². The van der Waals surface area contributed by atoms with Gasteiger partial charge in [0.1, 0.15) is 0 Å². The Hall–Kier alpha value is -1.32. The van der Waals surface area contributed by atoms with E-state index in [1.807, 2.05) is 6.92 Å². The zero-order valence-electron chi connectivity index (χ0n) is 8.19. The first-order valence-electron chi connectivity index (χ1n) is 4.95. The van der Waals surface area contributed by atoms with Crippen LogP contribution < -0.4 is 0 Å². The molecule has 1 aromatic heterocycles. The molecule has 0 aromatic carbocycles. The van der Waals surface area contributed by atoms with Gasteiger partial charge in [0.25, 0.3) is 0 Å². The van der Waals surface area contributed by atoms with Gasteiger partial charge in [-0.3, -0.25) is 4.79 Å². The summed E-state index contributed by atoms with van der Waals surface area (Å²) in [4.78, 5) is 18.3. The van der Waals surface area contributed by atoms with Crippen molar-refractivity contribution < 1.29 is 9.53 Å². The number of hydrogen-bond acceptors (Lipinski definition) is 3. The van der Waals surface area contributed by atoms with Gasteiger partial charge in [-0.25, -0.2) is 4.98 Å². The van der Waals surface area contributed by atoms with Crippen molar-refractivity contribution >= 4 is 5.97 Å². The van der Waals surface area contributed by atoms with Crippen molar-refractivity contribution in [2.24, 2.45) is 11.8 Å². The van der Waals surface area contributed by atoms with Gasteiger partial charge in [-0.1, -0.05) is 6.92 Å². The summed E-state index contributed by atoms with van der Waals surface area (Å²) in [5.74, 6) is 0.336. The SMILES string of the molecule is CC[C@H]1C(=O)OC[C@@H]1Cc1cnc[nH]1. The summed E-state index contributed by atoms with van der Waals surface area (Å²) in [6, 6.07) is 0. The third kappa shape index (κ3) is 1.64. The Morgan fingerprint density at radius 2 is 2.57 bits per heavy atom. The number of cyclic esters (lactones) is 1. The van der Waals surface area contributed by atoms with Crippen LogP contribution in [0.15, 0.2) is 12.5 Å². The van der Waals surface area contributed by atoms with E-state index in [4.69, 9.17) is 4.74 Å². The highest BCUT2D eigenvalue weighted by Gasteiger charge is 2.35. The molecule has 76 valence electrons. The summed E-state index contributed by atoms with van der Waals surface area (Å²) in [7, 11) is 0. The van der Waals surface area contributed by atoms with Crippen LogP contribution in [0.25, 0.3) is 0 Å². The van der Waals surface area contributed by atoms with Gasteiger partial charge >= 0.3 is 5.97 Å². The van der Waals surface area contributed by atoms with Crippen molar-refractivity contribution in [2.75, 3.05) is 6.61 Å². The van der Waals surface area contributed by atoms with Crippen LogP contribution in [-0.4, -0.2) is 22.5 Å². The number of nitrogens with zero attached hydrogens (tertiary/aromatic N) is 1. The summed E-state index contributed by atoms with van der Waals surface area (Å²) in [5, 5.41) is 0. The Balaban J connectivity index is 2.01. The Morgan fingerprint density at radius 1 is 1.71 bits per heavy atom. The largest absolute Gasteiger partial charge is 0.465 e. The molecule has 0 aliphatic carbocycles. The third-order valence-corrected chi connectivity index (χ3v) is 2.79. The lowest BCUT2D eigenvalue weighted by molar-refractivity contribution is -0.141. The number of carbonyl (C=O) groups is 1. The molecule has 1 N–H and O–H groups in total. The molecule has 4 nitrogen and oxygen atoms in total. The van der Waals surface area contributed by atoms with E-state index in [1.54, 1.807) is 12.5 Å². The number of nitrogens with one attached hydrogen (secondary N) is 1. The summed E-state index contributed by atoms with van der Waals surface area (Å²) in [5.41, 5.74) is 1.08. The number of esters is 1. The van der Waals surface area contributed by atoms with E-state index in [1.165, 1.54) is 0 Å². The molecule has 14 heavy (non-hydrogen) atoms. The topological polar surface area (TPSA) is 55.0 Å². The average Bonchev–Trinajstić information content (AvgIpc) is 2.77. The summed E-state index contributed by atoms with van der Waals surface area (Å²) < 4.78 is 5.04. The van der Waals surface area contributed by atoms with Crippen molar-refractivity contribution in [3.63, 3.8) is 0 Å². The fraction of sp³-hybridized carbons (Fsp3) is 0.600. The van der Waals surface area contributed by atoms with E-state index in [2.05, 4.69) is 9.97 Å². The Bertz CT molecular complexity index is 308. The average molecular weight is 194 g/mol. The quantitative estimate of drug-likeness (QED) is 0.734. The molecule has 2 atom stereocenters.